The van der Waals surface area contributed by atoms with Crippen LogP contribution in [0.25, 0.3) is 22.1 Å². The van der Waals surface area contributed by atoms with E-state index in [-0.39, 0.29) is 5.78 Å². The number of rotatable bonds is 3. The lowest BCUT2D eigenvalue weighted by atomic mass is 9.99. The SMILES string of the molecule is CCC(=O)c1ccc2oc(=O)cc(-c3ccccc3)c2c1. The first-order valence-corrected chi connectivity index (χ1v) is 6.85. The van der Waals surface area contributed by atoms with Gasteiger partial charge in [0.1, 0.15) is 5.58 Å². The smallest absolute Gasteiger partial charge is 0.336 e. The molecule has 0 aliphatic heterocycles. The third-order valence-corrected chi connectivity index (χ3v) is 3.47. The summed E-state index contributed by atoms with van der Waals surface area (Å²) in [5.41, 5.74) is 2.45. The maximum Gasteiger partial charge on any atom is 0.336 e. The molecular weight excluding hydrogens is 264 g/mol. The van der Waals surface area contributed by atoms with Crippen LogP contribution < -0.4 is 5.63 Å². The molecule has 0 unspecified atom stereocenters. The molecule has 2 aromatic carbocycles. The van der Waals surface area contributed by atoms with Gasteiger partial charge < -0.3 is 4.42 Å². The normalized spacial score (nSPS) is 10.7. The number of carbonyl (C=O) groups is 1. The van der Waals surface area contributed by atoms with Crippen LogP contribution in [-0.4, -0.2) is 5.78 Å². The van der Waals surface area contributed by atoms with Crippen LogP contribution >= 0.6 is 0 Å². The highest BCUT2D eigenvalue weighted by atomic mass is 16.4. The highest BCUT2D eigenvalue weighted by Gasteiger charge is 2.11. The van der Waals surface area contributed by atoms with E-state index in [1.165, 1.54) is 6.07 Å². The first-order valence-electron chi connectivity index (χ1n) is 6.85. The second-order valence-corrected chi connectivity index (χ2v) is 4.83. The second kappa shape index (κ2) is 5.37. The molecule has 21 heavy (non-hydrogen) atoms. The summed E-state index contributed by atoms with van der Waals surface area (Å²) < 4.78 is 5.23. The monoisotopic (exact) mass is 278 g/mol. The fourth-order valence-corrected chi connectivity index (χ4v) is 2.40. The summed E-state index contributed by atoms with van der Waals surface area (Å²) in [6, 6.07) is 16.3. The molecule has 104 valence electrons. The summed E-state index contributed by atoms with van der Waals surface area (Å²) in [7, 11) is 0. The van der Waals surface area contributed by atoms with E-state index in [1.54, 1.807) is 18.2 Å². The first-order chi connectivity index (χ1) is 10.2. The van der Waals surface area contributed by atoms with Crippen LogP contribution in [0.5, 0.6) is 0 Å². The van der Waals surface area contributed by atoms with E-state index in [0.29, 0.717) is 17.6 Å². The summed E-state index contributed by atoms with van der Waals surface area (Å²) in [4.78, 5) is 23.6. The minimum Gasteiger partial charge on any atom is -0.423 e. The molecular formula is C18H14O3. The number of ketones is 1. The Hall–Kier alpha value is -2.68. The van der Waals surface area contributed by atoms with Gasteiger partial charge in [0.2, 0.25) is 0 Å². The van der Waals surface area contributed by atoms with E-state index in [4.69, 9.17) is 4.42 Å². The first kappa shape index (κ1) is 13.3. The lowest BCUT2D eigenvalue weighted by molar-refractivity contribution is 0.0988. The van der Waals surface area contributed by atoms with Crippen LogP contribution in [0.15, 0.2) is 63.8 Å². The molecule has 0 N–H and O–H groups in total. The standard InChI is InChI=1S/C18H14O3/c1-2-16(19)13-8-9-17-15(10-13)14(11-18(20)21-17)12-6-4-3-5-7-12/h3-11H,2H2,1H3. The molecule has 3 nitrogen and oxygen atoms in total. The number of hydrogen-bond acceptors (Lipinski definition) is 3. The van der Waals surface area contributed by atoms with Crippen molar-refractivity contribution in [2.75, 3.05) is 0 Å². The van der Waals surface area contributed by atoms with Crippen molar-refractivity contribution in [2.24, 2.45) is 0 Å². The zero-order valence-electron chi connectivity index (χ0n) is 11.6. The number of fused-ring (bicyclic) bond motifs is 1. The van der Waals surface area contributed by atoms with Gasteiger partial charge in [0.15, 0.2) is 5.78 Å². The summed E-state index contributed by atoms with van der Waals surface area (Å²) in [6.07, 6.45) is 0.447. The number of hydrogen-bond donors (Lipinski definition) is 0. The lowest BCUT2D eigenvalue weighted by Crippen LogP contribution is -2.00. The Kier molecular flexibility index (Phi) is 3.40. The minimum absolute atomic E-state index is 0.0714. The third-order valence-electron chi connectivity index (χ3n) is 3.47. The van der Waals surface area contributed by atoms with Gasteiger partial charge in [-0.25, -0.2) is 4.79 Å². The topological polar surface area (TPSA) is 47.3 Å². The van der Waals surface area contributed by atoms with Crippen molar-refractivity contribution in [3.05, 3.63) is 70.6 Å². The average Bonchev–Trinajstić information content (AvgIpc) is 2.53. The van der Waals surface area contributed by atoms with E-state index in [9.17, 15) is 9.59 Å². The van der Waals surface area contributed by atoms with Gasteiger partial charge in [0.25, 0.3) is 0 Å². The van der Waals surface area contributed by atoms with Crippen LogP contribution in [0.3, 0.4) is 0 Å². The Morgan fingerprint density at radius 2 is 1.81 bits per heavy atom. The van der Waals surface area contributed by atoms with Crippen LogP contribution in [0.4, 0.5) is 0 Å². The average molecular weight is 278 g/mol. The maximum absolute atomic E-state index is 11.9. The van der Waals surface area contributed by atoms with Gasteiger partial charge in [-0.15, -0.1) is 0 Å². The largest absolute Gasteiger partial charge is 0.423 e. The van der Waals surface area contributed by atoms with E-state index in [0.717, 1.165) is 16.5 Å². The van der Waals surface area contributed by atoms with Crippen LogP contribution in [-0.2, 0) is 0 Å². The Bertz CT molecular complexity index is 861. The van der Waals surface area contributed by atoms with Crippen LogP contribution in [0, 0.1) is 0 Å². The van der Waals surface area contributed by atoms with Gasteiger partial charge in [-0.3, -0.25) is 4.79 Å². The van der Waals surface area contributed by atoms with Crippen molar-refractivity contribution < 1.29 is 9.21 Å². The van der Waals surface area contributed by atoms with Crippen LogP contribution in [0.2, 0.25) is 0 Å². The molecule has 3 rings (SSSR count). The lowest BCUT2D eigenvalue weighted by Gasteiger charge is -2.07. The molecule has 0 saturated carbocycles. The Morgan fingerprint density at radius 1 is 1.05 bits per heavy atom. The second-order valence-electron chi connectivity index (χ2n) is 4.83. The molecule has 0 aliphatic carbocycles. The molecule has 0 spiro atoms. The molecule has 1 heterocycles. The summed E-state index contributed by atoms with van der Waals surface area (Å²) in [5.74, 6) is 0.0714. The van der Waals surface area contributed by atoms with Gasteiger partial charge >= 0.3 is 5.63 Å². The van der Waals surface area contributed by atoms with Crippen molar-refractivity contribution in [3.8, 4) is 11.1 Å². The highest BCUT2D eigenvalue weighted by molar-refractivity contribution is 6.02. The molecule has 1 aromatic heterocycles. The van der Waals surface area contributed by atoms with E-state index in [1.807, 2.05) is 37.3 Å². The van der Waals surface area contributed by atoms with Crippen molar-refractivity contribution in [3.63, 3.8) is 0 Å². The summed E-state index contributed by atoms with van der Waals surface area (Å²) in [5, 5.41) is 0.778. The van der Waals surface area contributed by atoms with Crippen molar-refractivity contribution in [2.45, 2.75) is 13.3 Å². The van der Waals surface area contributed by atoms with E-state index in [2.05, 4.69) is 0 Å². The van der Waals surface area contributed by atoms with E-state index >= 15 is 0 Å². The Morgan fingerprint density at radius 3 is 2.52 bits per heavy atom. The molecule has 0 saturated heterocycles. The molecule has 3 aromatic rings. The highest BCUT2D eigenvalue weighted by Crippen LogP contribution is 2.28. The maximum atomic E-state index is 11.9. The predicted molar refractivity (Wildman–Crippen MR) is 82.5 cm³/mol. The molecule has 0 aliphatic rings. The molecule has 0 radical (unpaired) electrons. The Labute approximate surface area is 121 Å². The van der Waals surface area contributed by atoms with Gasteiger partial charge in [-0.05, 0) is 29.3 Å². The Balaban J connectivity index is 2.32. The van der Waals surface area contributed by atoms with Crippen molar-refractivity contribution >= 4 is 16.8 Å². The summed E-state index contributed by atoms with van der Waals surface area (Å²) in [6.45, 7) is 1.83. The zero-order chi connectivity index (χ0) is 14.8. The molecule has 0 fully saturated rings. The van der Waals surface area contributed by atoms with Crippen LogP contribution in [0.1, 0.15) is 23.7 Å². The van der Waals surface area contributed by atoms with Gasteiger partial charge in [-0.1, -0.05) is 37.3 Å². The fraction of sp³-hybridized carbons (Fsp3) is 0.111. The third kappa shape index (κ3) is 2.50. The van der Waals surface area contributed by atoms with E-state index < -0.39 is 5.63 Å². The predicted octanol–water partition coefficient (Wildman–Crippen LogP) is 4.05. The molecule has 0 amide bonds. The quantitative estimate of drug-likeness (QED) is 0.536. The van der Waals surface area contributed by atoms with Crippen molar-refractivity contribution in [1.29, 1.82) is 0 Å². The van der Waals surface area contributed by atoms with Gasteiger partial charge in [0.05, 0.1) is 0 Å². The number of benzene rings is 2. The molecule has 3 heteroatoms. The fourth-order valence-electron chi connectivity index (χ4n) is 2.40. The zero-order valence-corrected chi connectivity index (χ0v) is 11.6. The summed E-state index contributed by atoms with van der Waals surface area (Å²) >= 11 is 0. The number of Topliss-reactive ketones (excluding diaryl/α,β-unsaturated/α-hetero) is 1. The van der Waals surface area contributed by atoms with Gasteiger partial charge in [0, 0.05) is 23.4 Å². The molecule has 0 bridgehead atoms. The van der Waals surface area contributed by atoms with Crippen molar-refractivity contribution in [1.82, 2.24) is 0 Å². The minimum atomic E-state index is -0.393. The molecule has 0 atom stereocenters. The van der Waals surface area contributed by atoms with Gasteiger partial charge in [-0.2, -0.15) is 0 Å². The number of carbonyl (C=O) groups excluding carboxylic acids is 1.